The summed E-state index contributed by atoms with van der Waals surface area (Å²) in [5.41, 5.74) is 20.5. The minimum absolute atomic E-state index is 0. The molecule has 0 atom stereocenters. The van der Waals surface area contributed by atoms with Gasteiger partial charge in [-0.25, -0.2) is 39.1 Å². The highest BCUT2D eigenvalue weighted by molar-refractivity contribution is 9.11. The molecule has 0 saturated carbocycles. The molecule has 9 N–H and O–H groups in total. The Balaban J connectivity index is 0.000000340. The number of nitro benzene ring substituents is 1. The van der Waals surface area contributed by atoms with E-state index in [1.807, 2.05) is 36.7 Å². The first-order valence-electron chi connectivity index (χ1n) is 41.2. The maximum absolute atomic E-state index is 13.1. The molecule has 2 saturated heterocycles. The number of piperazine rings is 2. The van der Waals surface area contributed by atoms with Crippen LogP contribution in [-0.2, 0) is 60.0 Å². The zero-order valence-electron chi connectivity index (χ0n) is 73.8. The Morgan fingerprint density at radius 3 is 1.11 bits per heavy atom. The van der Waals surface area contributed by atoms with Crippen LogP contribution in [0.3, 0.4) is 0 Å². The highest BCUT2D eigenvalue weighted by atomic mass is 79.9. The van der Waals surface area contributed by atoms with Crippen LogP contribution in [0.25, 0.3) is 0 Å². The molecule has 7 aromatic carbocycles. The Hall–Kier alpha value is -10.7. The van der Waals surface area contributed by atoms with Gasteiger partial charge < -0.3 is 71.9 Å². The minimum Gasteiger partial charge on any atom is -0.443 e. The number of pyridine rings is 2. The highest BCUT2D eigenvalue weighted by Gasteiger charge is 2.42. The number of nitrogen functional groups attached to an aromatic ring is 2. The number of nitro groups is 1. The predicted molar refractivity (Wildman–Crippen MR) is 570 cm³/mol. The summed E-state index contributed by atoms with van der Waals surface area (Å²) in [4.78, 5) is 150. The highest BCUT2D eigenvalue weighted by Crippen LogP contribution is 2.41. The number of carbonyl (C=O) groups is 10. The van der Waals surface area contributed by atoms with Crippen molar-refractivity contribution in [2.24, 2.45) is 0 Å². The van der Waals surface area contributed by atoms with Crippen LogP contribution in [0.2, 0.25) is 35.2 Å². The second-order valence-corrected chi connectivity index (χ2v) is 39.3. The maximum Gasteiger partial charge on any atom is 0.417 e. The molecule has 9 aliphatic heterocycles. The number of amides is 10. The Kier molecular flexibility index (Phi) is 45.0. The van der Waals surface area contributed by atoms with E-state index in [9.17, 15) is 58.1 Å². The van der Waals surface area contributed by atoms with E-state index < -0.39 is 63.6 Å². The molecule has 0 radical (unpaired) electrons. The van der Waals surface area contributed by atoms with Crippen LogP contribution in [0.1, 0.15) is 226 Å². The number of halogens is 10. The Morgan fingerprint density at radius 1 is 0.400 bits per heavy atom. The van der Waals surface area contributed by atoms with E-state index >= 15 is 0 Å². The van der Waals surface area contributed by atoms with E-state index in [0.29, 0.717) is 142 Å². The van der Waals surface area contributed by atoms with E-state index in [4.69, 9.17) is 107 Å². The smallest absolute Gasteiger partial charge is 0.417 e. The molecule has 2 aromatic heterocycles. The third-order valence-electron chi connectivity index (χ3n) is 21.0. The molecule has 9 aliphatic rings. The molecule has 18 rings (SSSR count). The number of anilines is 6. The third kappa shape index (κ3) is 30.0. The van der Waals surface area contributed by atoms with E-state index in [-0.39, 0.29) is 107 Å². The molecule has 2 fully saturated rings. The number of likely N-dealkylation sites (N-methyl/N-ethyl adjacent to an activating group) is 2. The molecule has 140 heavy (non-hydrogen) atoms. The number of nitrogens with zero attached hydrogens (tertiary/aromatic N) is 10. The predicted octanol–water partition coefficient (Wildman–Crippen LogP) is 23.6. The number of aromatic nitrogens is 2. The number of nitrogens with two attached hydrogens (primary N) is 2. The molecule has 0 bridgehead atoms. The number of ether oxygens (including phenoxy) is 3. The molecular weight excluding hydrogens is 2140 g/mol. The average Bonchev–Trinajstić information content (AvgIpc) is 1.65. The van der Waals surface area contributed by atoms with Crippen molar-refractivity contribution in [1.82, 2.24) is 55.7 Å². The monoisotopic (exact) mass is 2260 g/mol. The van der Waals surface area contributed by atoms with Gasteiger partial charge in [-0.15, -0.1) is 0 Å². The topological polar surface area (TPSA) is 402 Å². The molecule has 42 heteroatoms. The van der Waals surface area contributed by atoms with Gasteiger partial charge >= 0.3 is 18.3 Å². The summed E-state index contributed by atoms with van der Waals surface area (Å²) in [7, 11) is 4.27. The lowest BCUT2D eigenvalue weighted by Gasteiger charge is -2.33. The normalized spacial score (nSPS) is 14.6. The second kappa shape index (κ2) is 51.8. The van der Waals surface area contributed by atoms with Crippen molar-refractivity contribution in [2.75, 3.05) is 93.0 Å². The molecule has 0 spiro atoms. The van der Waals surface area contributed by atoms with E-state index in [2.05, 4.69) is 118 Å². The summed E-state index contributed by atoms with van der Waals surface area (Å²) in [6.07, 6.45) is 1.68. The Morgan fingerprint density at radius 2 is 0.736 bits per heavy atom. The molecule has 0 aliphatic carbocycles. The number of nitrogens with one attached hydrogen (secondary N) is 5. The van der Waals surface area contributed by atoms with Crippen molar-refractivity contribution in [1.29, 1.82) is 0 Å². The second-order valence-electron chi connectivity index (χ2n) is 33.9. The van der Waals surface area contributed by atoms with Gasteiger partial charge in [-0.05, 0) is 227 Å². The number of imide groups is 3. The van der Waals surface area contributed by atoms with Gasteiger partial charge in [0, 0.05) is 183 Å². The first kappa shape index (κ1) is 122. The lowest BCUT2D eigenvalue weighted by Crippen LogP contribution is -2.44. The van der Waals surface area contributed by atoms with Gasteiger partial charge in [-0.2, -0.15) is 0 Å². The summed E-state index contributed by atoms with van der Waals surface area (Å²) in [6, 6.07) is 33.0. The van der Waals surface area contributed by atoms with Crippen molar-refractivity contribution < 1.29 is 67.1 Å². The fourth-order valence-electron chi connectivity index (χ4n) is 14.3. The summed E-state index contributed by atoms with van der Waals surface area (Å²) in [5, 5.41) is 28.0. The van der Waals surface area contributed by atoms with E-state index in [1.54, 1.807) is 141 Å². The number of fused-ring (bicyclic) bond motifs is 7. The van der Waals surface area contributed by atoms with Crippen LogP contribution in [0.4, 0.5) is 54.5 Å². The third-order valence-corrected chi connectivity index (χ3v) is 25.5. The van der Waals surface area contributed by atoms with Crippen molar-refractivity contribution in [2.45, 2.75) is 177 Å². The van der Waals surface area contributed by atoms with Crippen LogP contribution in [-0.4, -0.2) is 182 Å². The first-order valence-corrected chi connectivity index (χ1v) is 46.2. The first-order chi connectivity index (χ1) is 62.6. The minimum atomic E-state index is -0.702. The summed E-state index contributed by atoms with van der Waals surface area (Å²) in [5.74, 6) is -0.676. The van der Waals surface area contributed by atoms with Crippen molar-refractivity contribution >= 4 is 229 Å². The fraction of sp³-hybridized carbons (Fsp3) is 0.367. The SMILES string of the molecule is C.C.C.C.C.C.C.CC(C)(C)OC(=O)N1Cc2c(Cl)ccc(Br)c2C1=O.CC(C)(C)OC(=O)N1Cc2c(Cl)ccc(Br)c2C1=O.CN1CCN(c2ccc(N)nc2)CC1.CN1CCN(c2ccc(Nc3ccc(Cl)c4c3C(=O)N(C(=O)OC(C)(C)C)C4)nc2)CC1.Nc1ccc(Cl)c2c1C(=O)NC2.O=C1NCc2c(Cl)ccc(Br)c21.O=C1NCc2c(Cl)ccc([N+](=O)[O-])c21.O=C1NCc2c(Cl)cccc21. The lowest BCUT2D eigenvalue weighted by atomic mass is 10.1. The summed E-state index contributed by atoms with van der Waals surface area (Å²) in [6.45, 7) is 26.3. The van der Waals surface area contributed by atoms with Gasteiger partial charge in [-0.3, -0.25) is 43.7 Å². The zero-order chi connectivity index (χ0) is 97.3. The quantitative estimate of drug-likeness (QED) is 0.0364. The van der Waals surface area contributed by atoms with Crippen molar-refractivity contribution in [3.05, 3.63) is 264 Å². The fourth-order valence-corrected chi connectivity index (χ4v) is 17.5. The van der Waals surface area contributed by atoms with Gasteiger partial charge in [0.1, 0.15) is 34.0 Å². The molecular formula is C98H121Br3Cl7N17O15. The lowest BCUT2D eigenvalue weighted by molar-refractivity contribution is -0.385. The number of hydrogen-bond acceptors (Lipinski definition) is 24. The zero-order valence-corrected chi connectivity index (χ0v) is 83.8. The number of hydrogen-bond donors (Lipinski definition) is 7. The maximum atomic E-state index is 13.1. The number of benzene rings is 7. The summed E-state index contributed by atoms with van der Waals surface area (Å²) >= 11 is 51.8. The molecule has 11 heterocycles. The largest absolute Gasteiger partial charge is 0.443 e. The standard InChI is InChI=1S/C23H28ClN5O3.2C13H13BrClNO3.C10H16N4.C8H5BrClNO.C8H5ClN2O3.C8H7ClN2O.C8H6ClNO.7CH4/c1-23(2,3)32-22(31)29-14-16-17(24)6-7-18(20(16)21(29)30)26-19-8-5-15(13-25-19)28-11-9-27(4)10-12-28;2*1-13(2,3)19-12(18)16-6-7-9(15)5-4-8(14)10(7)11(16)17;1-13-4-6-14(7-5-13)9-2-3-10(11)12-8-9;9-5-1-2-6(10)4-3-11-8(12)7(4)5;9-5-1-2-6(11(13)14)7-4(5)3-10-8(7)12;9-5-1-2-6(10)7-4(5)3-11-8(7)12;9-7-3-1-2-5-6(7)4-10-8(5)11;;;;;;;/h5-8,13H,9-12,14H2,1-4H3,(H,25,26);2*4-5H,6H2,1-3H3;2-3,8H,4-7H2,1H3,(H2,11,12);1-2H,3H2,(H,11,12);1-2H,3H2,(H,10,12);1-2H,3,10H2,(H,11,12);1-3H,4H2,(H,10,11);7*1H4. The average molecular weight is 2270 g/mol. The Labute approximate surface area is 878 Å². The van der Waals surface area contributed by atoms with E-state index in [0.717, 1.165) is 93.9 Å². The van der Waals surface area contributed by atoms with Crippen LogP contribution in [0.15, 0.2) is 141 Å². The van der Waals surface area contributed by atoms with Crippen LogP contribution >= 0.6 is 129 Å². The number of carbonyl (C=O) groups excluding carboxylic acids is 10. The van der Waals surface area contributed by atoms with Gasteiger partial charge in [-0.1, -0.05) is 139 Å². The van der Waals surface area contributed by atoms with Gasteiger partial charge in [0.05, 0.1) is 81.8 Å². The van der Waals surface area contributed by atoms with Crippen LogP contribution in [0, 0.1) is 10.1 Å². The molecule has 0 unspecified atom stereocenters. The van der Waals surface area contributed by atoms with Crippen molar-refractivity contribution in [3.63, 3.8) is 0 Å². The number of rotatable bonds is 5. The van der Waals surface area contributed by atoms with Gasteiger partial charge in [0.25, 0.3) is 47.0 Å². The molecule has 10 amide bonds. The molecule has 9 aromatic rings. The summed E-state index contributed by atoms with van der Waals surface area (Å²) < 4.78 is 17.9. The van der Waals surface area contributed by atoms with Crippen LogP contribution < -0.4 is 47.9 Å². The van der Waals surface area contributed by atoms with Gasteiger partial charge in [0.2, 0.25) is 0 Å². The van der Waals surface area contributed by atoms with Crippen molar-refractivity contribution in [3.8, 4) is 0 Å². The van der Waals surface area contributed by atoms with Gasteiger partial charge in [0.15, 0.2) is 0 Å². The van der Waals surface area contributed by atoms with Crippen LogP contribution in [0.5, 0.6) is 0 Å². The van der Waals surface area contributed by atoms with E-state index in [1.165, 1.54) is 17.8 Å². The molecule has 32 nitrogen and oxygen atoms in total. The molecule has 758 valence electrons. The Bertz CT molecular complexity index is 5900.